The fourth-order valence-corrected chi connectivity index (χ4v) is 2.87. The molecule has 0 aliphatic heterocycles. The zero-order valence-electron chi connectivity index (χ0n) is 12.9. The normalized spacial score (nSPS) is 14.7. The molecule has 3 nitrogen and oxygen atoms in total. The second kappa shape index (κ2) is 5.24. The van der Waals surface area contributed by atoms with E-state index in [1.54, 1.807) is 0 Å². The standard InChI is InChI=1S/C18H22N2O/c1-18(2,3)20-11-16(21)14-7-4-6-12-10-15-13(17(12)14)8-5-9-19-15/h4-9,16,20-21H,10-11H2,1-3H3/t16-/m0/s1. The predicted molar refractivity (Wildman–Crippen MR) is 85.2 cm³/mol. The van der Waals surface area contributed by atoms with Crippen LogP contribution < -0.4 is 5.32 Å². The smallest absolute Gasteiger partial charge is 0.0920 e. The molecule has 2 aromatic rings. The van der Waals surface area contributed by atoms with Crippen molar-refractivity contribution in [1.29, 1.82) is 0 Å². The molecule has 21 heavy (non-hydrogen) atoms. The first-order valence-electron chi connectivity index (χ1n) is 7.45. The molecule has 2 N–H and O–H groups in total. The van der Waals surface area contributed by atoms with Gasteiger partial charge >= 0.3 is 0 Å². The highest BCUT2D eigenvalue weighted by Crippen LogP contribution is 2.39. The Morgan fingerprint density at radius 3 is 2.81 bits per heavy atom. The van der Waals surface area contributed by atoms with Crippen LogP contribution >= 0.6 is 0 Å². The molecule has 1 aliphatic rings. The second-order valence-electron chi connectivity index (χ2n) is 6.70. The lowest BCUT2D eigenvalue weighted by atomic mass is 9.95. The van der Waals surface area contributed by atoms with Crippen molar-refractivity contribution in [2.45, 2.75) is 38.8 Å². The van der Waals surface area contributed by atoms with Gasteiger partial charge in [-0.1, -0.05) is 24.3 Å². The lowest BCUT2D eigenvalue weighted by molar-refractivity contribution is 0.164. The average Bonchev–Trinajstić information content (AvgIpc) is 2.82. The van der Waals surface area contributed by atoms with E-state index in [9.17, 15) is 5.11 Å². The monoisotopic (exact) mass is 282 g/mol. The van der Waals surface area contributed by atoms with E-state index in [0.717, 1.165) is 23.2 Å². The van der Waals surface area contributed by atoms with Crippen LogP contribution in [0.15, 0.2) is 36.5 Å². The Morgan fingerprint density at radius 1 is 1.24 bits per heavy atom. The van der Waals surface area contributed by atoms with Crippen LogP contribution in [0.3, 0.4) is 0 Å². The third-order valence-electron chi connectivity index (χ3n) is 3.89. The van der Waals surface area contributed by atoms with Crippen LogP contribution in [0, 0.1) is 0 Å². The van der Waals surface area contributed by atoms with Crippen LogP contribution in [-0.4, -0.2) is 22.2 Å². The van der Waals surface area contributed by atoms with Crippen LogP contribution in [0.2, 0.25) is 0 Å². The molecule has 0 unspecified atom stereocenters. The number of fused-ring (bicyclic) bond motifs is 3. The van der Waals surface area contributed by atoms with Gasteiger partial charge in [-0.15, -0.1) is 0 Å². The summed E-state index contributed by atoms with van der Waals surface area (Å²) in [4.78, 5) is 4.46. The summed E-state index contributed by atoms with van der Waals surface area (Å²) in [7, 11) is 0. The number of hydrogen-bond acceptors (Lipinski definition) is 3. The zero-order valence-corrected chi connectivity index (χ0v) is 12.9. The number of nitrogens with one attached hydrogen (secondary N) is 1. The van der Waals surface area contributed by atoms with Crippen molar-refractivity contribution in [3.8, 4) is 11.1 Å². The predicted octanol–water partition coefficient (Wildman–Crippen LogP) is 3.07. The molecule has 0 radical (unpaired) electrons. The van der Waals surface area contributed by atoms with Crippen molar-refractivity contribution in [2.75, 3.05) is 6.54 Å². The largest absolute Gasteiger partial charge is 0.387 e. The molecule has 0 saturated carbocycles. The fraction of sp³-hybridized carbons (Fsp3) is 0.389. The summed E-state index contributed by atoms with van der Waals surface area (Å²) in [6.07, 6.45) is 2.19. The topological polar surface area (TPSA) is 45.1 Å². The van der Waals surface area contributed by atoms with Crippen LogP contribution in [0.25, 0.3) is 11.1 Å². The van der Waals surface area contributed by atoms with E-state index in [4.69, 9.17) is 0 Å². The number of β-amino-alcohol motifs (C(OH)–C–C–N with tert-alkyl or cyclic N) is 1. The van der Waals surface area contributed by atoms with Crippen LogP contribution in [0.1, 0.15) is 43.7 Å². The van der Waals surface area contributed by atoms with Crippen molar-refractivity contribution in [1.82, 2.24) is 10.3 Å². The summed E-state index contributed by atoms with van der Waals surface area (Å²) in [5, 5.41) is 14.0. The molecule has 0 saturated heterocycles. The maximum Gasteiger partial charge on any atom is 0.0920 e. The minimum absolute atomic E-state index is 0.00159. The lowest BCUT2D eigenvalue weighted by Gasteiger charge is -2.24. The van der Waals surface area contributed by atoms with Crippen molar-refractivity contribution < 1.29 is 5.11 Å². The number of rotatable bonds is 3. The number of hydrogen-bond donors (Lipinski definition) is 2. The molecule has 3 heteroatoms. The number of pyridine rings is 1. The summed E-state index contributed by atoms with van der Waals surface area (Å²) >= 11 is 0. The van der Waals surface area contributed by atoms with Gasteiger partial charge < -0.3 is 10.4 Å². The minimum atomic E-state index is -0.509. The van der Waals surface area contributed by atoms with Gasteiger partial charge in [0.15, 0.2) is 0 Å². The van der Waals surface area contributed by atoms with Gasteiger partial charge in [0.1, 0.15) is 0 Å². The molecular weight excluding hydrogens is 260 g/mol. The first kappa shape index (κ1) is 14.2. The minimum Gasteiger partial charge on any atom is -0.387 e. The molecule has 0 amide bonds. The molecule has 110 valence electrons. The van der Waals surface area contributed by atoms with E-state index >= 15 is 0 Å². The Labute approximate surface area is 126 Å². The Kier molecular flexibility index (Phi) is 3.56. The number of aliphatic hydroxyl groups is 1. The molecule has 0 fully saturated rings. The zero-order chi connectivity index (χ0) is 15.0. The van der Waals surface area contributed by atoms with E-state index in [2.05, 4.69) is 43.2 Å². The highest BCUT2D eigenvalue weighted by molar-refractivity contribution is 5.78. The van der Waals surface area contributed by atoms with E-state index < -0.39 is 6.10 Å². The molecule has 1 aromatic heterocycles. The Bertz CT molecular complexity index is 659. The van der Waals surface area contributed by atoms with Gasteiger partial charge in [0, 0.05) is 30.3 Å². The second-order valence-corrected chi connectivity index (χ2v) is 6.70. The van der Waals surface area contributed by atoms with Crippen LogP contribution in [0.5, 0.6) is 0 Å². The maximum absolute atomic E-state index is 10.6. The first-order chi connectivity index (χ1) is 9.96. The van der Waals surface area contributed by atoms with Crippen LogP contribution in [0.4, 0.5) is 0 Å². The van der Waals surface area contributed by atoms with Gasteiger partial charge in [-0.2, -0.15) is 0 Å². The van der Waals surface area contributed by atoms with Gasteiger partial charge in [0.2, 0.25) is 0 Å². The summed E-state index contributed by atoms with van der Waals surface area (Å²) < 4.78 is 0. The number of aromatic nitrogens is 1. The number of benzene rings is 1. The van der Waals surface area contributed by atoms with Crippen molar-refractivity contribution in [2.24, 2.45) is 0 Å². The Hall–Kier alpha value is -1.71. The third kappa shape index (κ3) is 2.85. The fourth-order valence-electron chi connectivity index (χ4n) is 2.87. The average molecular weight is 282 g/mol. The molecule has 3 rings (SSSR count). The number of nitrogens with zero attached hydrogens (tertiary/aromatic N) is 1. The third-order valence-corrected chi connectivity index (χ3v) is 3.89. The Morgan fingerprint density at radius 2 is 2.05 bits per heavy atom. The highest BCUT2D eigenvalue weighted by atomic mass is 16.3. The summed E-state index contributed by atoms with van der Waals surface area (Å²) in [5.41, 5.74) is 5.70. The first-order valence-corrected chi connectivity index (χ1v) is 7.45. The SMILES string of the molecule is CC(C)(C)NC[C@H](O)c1cccc2c1-c1cccnc1C2. The van der Waals surface area contributed by atoms with Crippen molar-refractivity contribution in [3.63, 3.8) is 0 Å². The van der Waals surface area contributed by atoms with Gasteiger partial charge in [-0.25, -0.2) is 0 Å². The molecule has 0 bridgehead atoms. The summed E-state index contributed by atoms with van der Waals surface area (Å²) in [6.45, 7) is 6.87. The van der Waals surface area contributed by atoms with Gasteiger partial charge in [0.25, 0.3) is 0 Å². The molecule has 1 aromatic carbocycles. The molecule has 1 heterocycles. The molecule has 1 atom stereocenters. The van der Waals surface area contributed by atoms with E-state index in [1.807, 2.05) is 24.4 Å². The van der Waals surface area contributed by atoms with Crippen molar-refractivity contribution in [3.05, 3.63) is 53.3 Å². The van der Waals surface area contributed by atoms with Gasteiger partial charge in [-0.05, 0) is 43.5 Å². The van der Waals surface area contributed by atoms with Gasteiger partial charge in [0.05, 0.1) is 11.8 Å². The molecule has 0 spiro atoms. The van der Waals surface area contributed by atoms with Gasteiger partial charge in [-0.3, -0.25) is 4.98 Å². The highest BCUT2D eigenvalue weighted by Gasteiger charge is 2.25. The summed E-state index contributed by atoms with van der Waals surface area (Å²) in [6, 6.07) is 10.2. The van der Waals surface area contributed by atoms with Crippen LogP contribution in [-0.2, 0) is 6.42 Å². The molecule has 1 aliphatic carbocycles. The maximum atomic E-state index is 10.6. The van der Waals surface area contributed by atoms with Crippen molar-refractivity contribution >= 4 is 0 Å². The quantitative estimate of drug-likeness (QED) is 0.776. The number of aliphatic hydroxyl groups excluding tert-OH is 1. The van der Waals surface area contributed by atoms with E-state index in [0.29, 0.717) is 6.54 Å². The Balaban J connectivity index is 1.94. The van der Waals surface area contributed by atoms with E-state index in [1.165, 1.54) is 11.1 Å². The van der Waals surface area contributed by atoms with E-state index in [-0.39, 0.29) is 5.54 Å². The lowest BCUT2D eigenvalue weighted by Crippen LogP contribution is -2.38. The molecular formula is C18H22N2O. The summed E-state index contributed by atoms with van der Waals surface area (Å²) in [5.74, 6) is 0.